The number of hydrogen-bond donors (Lipinski definition) is 0. The minimum absolute atomic E-state index is 0.210. The van der Waals surface area contributed by atoms with Gasteiger partial charge in [-0.15, -0.1) is 11.3 Å². The van der Waals surface area contributed by atoms with Crippen LogP contribution in [0, 0.1) is 5.82 Å². The fourth-order valence-corrected chi connectivity index (χ4v) is 4.10. The Morgan fingerprint density at radius 1 is 1.12 bits per heavy atom. The molecule has 1 aromatic carbocycles. The number of thiophene rings is 1. The highest BCUT2D eigenvalue weighted by Gasteiger charge is 2.14. The molecule has 4 aromatic rings. The zero-order valence-electron chi connectivity index (χ0n) is 13.5. The Balaban J connectivity index is 1.73. The summed E-state index contributed by atoms with van der Waals surface area (Å²) in [4.78, 5) is 26.8. The Morgan fingerprint density at radius 2 is 1.92 bits per heavy atom. The smallest absolute Gasteiger partial charge is 0.280 e. The van der Waals surface area contributed by atoms with Crippen molar-refractivity contribution in [2.75, 3.05) is 0 Å². The van der Waals surface area contributed by atoms with E-state index in [1.807, 2.05) is 17.5 Å². The summed E-state index contributed by atoms with van der Waals surface area (Å²) in [5, 5.41) is 2.54. The number of halogens is 1. The lowest BCUT2D eigenvalue weighted by Crippen LogP contribution is -2.24. The van der Waals surface area contributed by atoms with Crippen molar-refractivity contribution in [1.29, 1.82) is 0 Å². The number of aromatic nitrogens is 4. The third kappa shape index (κ3) is 3.51. The third-order valence-electron chi connectivity index (χ3n) is 3.73. The Morgan fingerprint density at radius 3 is 2.69 bits per heavy atom. The van der Waals surface area contributed by atoms with E-state index in [1.54, 1.807) is 28.0 Å². The van der Waals surface area contributed by atoms with E-state index in [1.165, 1.54) is 36.3 Å². The monoisotopic (exact) mass is 384 g/mol. The summed E-state index contributed by atoms with van der Waals surface area (Å²) < 4.78 is 14.7. The standard InChI is InChI=1S/C18H13FN4OS2/c19-13-5-3-12(4-6-13)11-26-18-22-16-15(20-7-8-21-16)17(24)23(18)10-14-2-1-9-25-14/h1-9H,10-11H2. The largest absolute Gasteiger partial charge is 0.282 e. The molecule has 0 radical (unpaired) electrons. The van der Waals surface area contributed by atoms with Crippen LogP contribution in [0.5, 0.6) is 0 Å². The fraction of sp³-hybridized carbons (Fsp3) is 0.111. The van der Waals surface area contributed by atoms with Crippen molar-refractivity contribution in [1.82, 2.24) is 19.5 Å². The van der Waals surface area contributed by atoms with Crippen molar-refractivity contribution >= 4 is 34.3 Å². The van der Waals surface area contributed by atoms with Crippen molar-refractivity contribution in [3.8, 4) is 0 Å². The van der Waals surface area contributed by atoms with E-state index in [2.05, 4.69) is 15.0 Å². The van der Waals surface area contributed by atoms with Crippen LogP contribution < -0.4 is 5.56 Å². The topological polar surface area (TPSA) is 60.7 Å². The molecule has 5 nitrogen and oxygen atoms in total. The molecule has 0 amide bonds. The highest BCUT2D eigenvalue weighted by molar-refractivity contribution is 7.98. The third-order valence-corrected chi connectivity index (χ3v) is 5.64. The first-order chi connectivity index (χ1) is 12.7. The lowest BCUT2D eigenvalue weighted by Gasteiger charge is -2.11. The van der Waals surface area contributed by atoms with Gasteiger partial charge in [0.15, 0.2) is 16.3 Å². The van der Waals surface area contributed by atoms with Crippen LogP contribution in [-0.2, 0) is 12.3 Å². The van der Waals surface area contributed by atoms with E-state index >= 15 is 0 Å². The molecule has 0 bridgehead atoms. The van der Waals surface area contributed by atoms with Gasteiger partial charge in [-0.05, 0) is 29.1 Å². The van der Waals surface area contributed by atoms with E-state index < -0.39 is 0 Å². The number of thioether (sulfide) groups is 1. The summed E-state index contributed by atoms with van der Waals surface area (Å²) in [6, 6.07) is 10.2. The molecule has 0 saturated carbocycles. The van der Waals surface area contributed by atoms with E-state index in [0.717, 1.165) is 10.4 Å². The predicted molar refractivity (Wildman–Crippen MR) is 101 cm³/mol. The molecule has 0 atom stereocenters. The first kappa shape index (κ1) is 16.9. The molecule has 0 N–H and O–H groups in total. The van der Waals surface area contributed by atoms with Gasteiger partial charge in [0.25, 0.3) is 5.56 Å². The van der Waals surface area contributed by atoms with E-state index in [0.29, 0.717) is 23.1 Å². The summed E-state index contributed by atoms with van der Waals surface area (Å²) in [6.07, 6.45) is 3.01. The van der Waals surface area contributed by atoms with Crippen LogP contribution in [0.4, 0.5) is 4.39 Å². The average molecular weight is 384 g/mol. The van der Waals surface area contributed by atoms with Gasteiger partial charge in [-0.1, -0.05) is 30.0 Å². The molecule has 26 heavy (non-hydrogen) atoms. The van der Waals surface area contributed by atoms with Crippen LogP contribution in [0.25, 0.3) is 11.2 Å². The molecule has 3 aromatic heterocycles. The number of fused-ring (bicyclic) bond motifs is 1. The molecular weight excluding hydrogens is 371 g/mol. The number of rotatable bonds is 5. The average Bonchev–Trinajstić information content (AvgIpc) is 3.17. The highest BCUT2D eigenvalue weighted by atomic mass is 32.2. The van der Waals surface area contributed by atoms with Crippen LogP contribution in [-0.4, -0.2) is 19.5 Å². The lowest BCUT2D eigenvalue weighted by atomic mass is 10.2. The van der Waals surface area contributed by atoms with Gasteiger partial charge >= 0.3 is 0 Å². The molecule has 3 heterocycles. The molecule has 0 aliphatic heterocycles. The Hall–Kier alpha value is -2.58. The number of benzene rings is 1. The summed E-state index contributed by atoms with van der Waals surface area (Å²) in [5.74, 6) is 0.301. The van der Waals surface area contributed by atoms with Crippen LogP contribution in [0.2, 0.25) is 0 Å². The van der Waals surface area contributed by atoms with Gasteiger partial charge in [-0.3, -0.25) is 9.36 Å². The lowest BCUT2D eigenvalue weighted by molar-refractivity contribution is 0.627. The molecule has 0 aliphatic carbocycles. The van der Waals surface area contributed by atoms with Gasteiger partial charge in [-0.2, -0.15) is 0 Å². The number of nitrogens with zero attached hydrogens (tertiary/aromatic N) is 4. The van der Waals surface area contributed by atoms with Crippen LogP contribution in [0.3, 0.4) is 0 Å². The second-order valence-corrected chi connectivity index (χ2v) is 7.48. The molecular formula is C18H13FN4OS2. The SMILES string of the molecule is O=c1c2nccnc2nc(SCc2ccc(F)cc2)n1Cc1cccs1. The summed E-state index contributed by atoms with van der Waals surface area (Å²) in [6.45, 7) is 0.432. The summed E-state index contributed by atoms with van der Waals surface area (Å²) >= 11 is 3.01. The van der Waals surface area contributed by atoms with Crippen LogP contribution in [0.15, 0.2) is 64.1 Å². The number of hydrogen-bond acceptors (Lipinski definition) is 6. The Kier molecular flexibility index (Phi) is 4.77. The molecule has 0 aliphatic rings. The second kappa shape index (κ2) is 7.35. The summed E-state index contributed by atoms with van der Waals surface area (Å²) in [5.41, 5.74) is 1.34. The zero-order valence-corrected chi connectivity index (χ0v) is 15.1. The maximum atomic E-state index is 13.1. The fourth-order valence-electron chi connectivity index (χ4n) is 2.47. The molecule has 0 saturated heterocycles. The van der Waals surface area contributed by atoms with Crippen LogP contribution >= 0.6 is 23.1 Å². The van der Waals surface area contributed by atoms with Gasteiger partial charge in [0.2, 0.25) is 0 Å². The normalized spacial score (nSPS) is 11.1. The molecule has 0 unspecified atom stereocenters. The van der Waals surface area contributed by atoms with Crippen LogP contribution in [0.1, 0.15) is 10.4 Å². The molecule has 8 heteroatoms. The zero-order chi connectivity index (χ0) is 17.9. The minimum Gasteiger partial charge on any atom is -0.280 e. The van der Waals surface area contributed by atoms with Gasteiger partial charge in [0, 0.05) is 23.0 Å². The van der Waals surface area contributed by atoms with Crippen molar-refractivity contribution < 1.29 is 4.39 Å². The van der Waals surface area contributed by atoms with E-state index in [9.17, 15) is 9.18 Å². The van der Waals surface area contributed by atoms with Crippen molar-refractivity contribution in [3.63, 3.8) is 0 Å². The highest BCUT2D eigenvalue weighted by Crippen LogP contribution is 2.23. The molecule has 0 spiro atoms. The Labute approximate surface area is 156 Å². The maximum absolute atomic E-state index is 13.1. The van der Waals surface area contributed by atoms with Crippen molar-refractivity contribution in [2.45, 2.75) is 17.5 Å². The first-order valence-electron chi connectivity index (χ1n) is 7.82. The molecule has 130 valence electrons. The quantitative estimate of drug-likeness (QED) is 0.388. The Bertz CT molecular complexity index is 1090. The maximum Gasteiger partial charge on any atom is 0.282 e. The first-order valence-corrected chi connectivity index (χ1v) is 9.68. The van der Waals surface area contributed by atoms with Crippen molar-refractivity contribution in [3.05, 3.63) is 80.8 Å². The van der Waals surface area contributed by atoms with Gasteiger partial charge in [0.1, 0.15) is 5.82 Å². The predicted octanol–water partition coefficient (Wildman–Crippen LogP) is 3.73. The van der Waals surface area contributed by atoms with E-state index in [4.69, 9.17) is 0 Å². The van der Waals surface area contributed by atoms with Gasteiger partial charge in [0.05, 0.1) is 6.54 Å². The molecule has 4 rings (SSSR count). The van der Waals surface area contributed by atoms with Gasteiger partial charge in [-0.25, -0.2) is 19.3 Å². The van der Waals surface area contributed by atoms with E-state index in [-0.39, 0.29) is 16.9 Å². The molecule has 0 fully saturated rings. The second-order valence-electron chi connectivity index (χ2n) is 5.51. The minimum atomic E-state index is -0.271. The summed E-state index contributed by atoms with van der Waals surface area (Å²) in [7, 11) is 0. The van der Waals surface area contributed by atoms with Crippen molar-refractivity contribution in [2.24, 2.45) is 0 Å². The van der Waals surface area contributed by atoms with Gasteiger partial charge < -0.3 is 0 Å².